The van der Waals surface area contributed by atoms with Crippen molar-refractivity contribution in [3.8, 4) is 0 Å². The lowest BCUT2D eigenvalue weighted by atomic mass is 9.95. The third-order valence-corrected chi connectivity index (χ3v) is 5.75. The molecule has 0 aliphatic carbocycles. The van der Waals surface area contributed by atoms with Crippen LogP contribution in [0, 0.1) is 5.82 Å². The normalized spacial score (nSPS) is 11.8. The summed E-state index contributed by atoms with van der Waals surface area (Å²) in [6, 6.07) is 15.5. The van der Waals surface area contributed by atoms with Crippen LogP contribution in [0.2, 0.25) is 0 Å². The maximum Gasteiger partial charge on any atom is 0.296 e. The molecule has 0 aliphatic rings. The lowest BCUT2D eigenvalue weighted by molar-refractivity contribution is -0.00716. The van der Waals surface area contributed by atoms with Gasteiger partial charge in [-0.05, 0) is 29.3 Å². The number of aromatic amines is 1. The van der Waals surface area contributed by atoms with Gasteiger partial charge in [0, 0.05) is 18.2 Å². The minimum atomic E-state index is -4.25. The number of halogens is 4. The van der Waals surface area contributed by atoms with Gasteiger partial charge < -0.3 is 0 Å². The summed E-state index contributed by atoms with van der Waals surface area (Å²) in [6.07, 6.45) is -0.829. The highest BCUT2D eigenvalue weighted by atomic mass is 35.5. The van der Waals surface area contributed by atoms with E-state index in [1.807, 2.05) is 4.72 Å². The quantitative estimate of drug-likeness (QED) is 0.338. The molecule has 0 saturated carbocycles. The summed E-state index contributed by atoms with van der Waals surface area (Å²) in [4.78, 5) is 12.0. The molecule has 1 heterocycles. The van der Waals surface area contributed by atoms with Crippen LogP contribution in [0.15, 0.2) is 71.5 Å². The predicted molar refractivity (Wildman–Crippen MR) is 130 cm³/mol. The molecule has 0 spiro atoms. The standard InChI is InChI=1S/C23H19F3N4O3S.ClH/c24-19-8-4-3-7-18(19)23(25,26)13-15-11-14(9-10-20(15)30-34(27,32)33)12-21-16-5-1-2-6-17(16)22(31)29-28-21;/h1-11,30H,12-13H2,(H,29,31)(H2,27,32,33);1H. The van der Waals surface area contributed by atoms with E-state index in [9.17, 15) is 17.6 Å². The Morgan fingerprint density at radius 1 is 1.00 bits per heavy atom. The van der Waals surface area contributed by atoms with E-state index in [2.05, 4.69) is 10.2 Å². The Morgan fingerprint density at radius 3 is 2.34 bits per heavy atom. The Morgan fingerprint density at radius 2 is 1.66 bits per heavy atom. The maximum absolute atomic E-state index is 15.0. The molecular weight excluding hydrogens is 505 g/mol. The summed E-state index contributed by atoms with van der Waals surface area (Å²) in [5, 5.41) is 12.6. The second-order valence-electron chi connectivity index (χ2n) is 7.72. The maximum atomic E-state index is 15.0. The van der Waals surface area contributed by atoms with Gasteiger partial charge in [0.05, 0.1) is 22.3 Å². The minimum absolute atomic E-state index is 0. The Kier molecular flexibility index (Phi) is 7.53. The van der Waals surface area contributed by atoms with Crippen LogP contribution in [0.1, 0.15) is 22.4 Å². The Hall–Kier alpha value is -3.41. The zero-order chi connectivity index (χ0) is 24.5. The fourth-order valence-corrected chi connectivity index (χ4v) is 4.25. The van der Waals surface area contributed by atoms with Crippen molar-refractivity contribution in [1.82, 2.24) is 10.2 Å². The first-order valence-corrected chi connectivity index (χ1v) is 11.6. The number of benzene rings is 3. The largest absolute Gasteiger partial charge is 0.296 e. The van der Waals surface area contributed by atoms with E-state index in [4.69, 9.17) is 5.14 Å². The van der Waals surface area contributed by atoms with E-state index in [-0.39, 0.29) is 35.6 Å². The number of H-pyrrole nitrogens is 1. The van der Waals surface area contributed by atoms with Gasteiger partial charge in [0.1, 0.15) is 5.82 Å². The van der Waals surface area contributed by atoms with Crippen LogP contribution in [0.3, 0.4) is 0 Å². The Bertz CT molecular complexity index is 1540. The monoisotopic (exact) mass is 524 g/mol. The van der Waals surface area contributed by atoms with Crippen LogP contribution in [-0.4, -0.2) is 18.6 Å². The van der Waals surface area contributed by atoms with Gasteiger partial charge in [-0.15, -0.1) is 12.4 Å². The number of aromatic nitrogens is 2. The van der Waals surface area contributed by atoms with Crippen molar-refractivity contribution < 1.29 is 21.6 Å². The molecule has 4 rings (SSSR count). The summed E-state index contributed by atoms with van der Waals surface area (Å²) >= 11 is 0. The highest BCUT2D eigenvalue weighted by Crippen LogP contribution is 2.36. The Labute approximate surface area is 204 Å². The summed E-state index contributed by atoms with van der Waals surface area (Å²) in [5.74, 6) is -4.71. The molecule has 7 nitrogen and oxygen atoms in total. The van der Waals surface area contributed by atoms with Crippen molar-refractivity contribution in [1.29, 1.82) is 0 Å². The number of alkyl halides is 2. The lowest BCUT2D eigenvalue weighted by Crippen LogP contribution is -2.24. The summed E-state index contributed by atoms with van der Waals surface area (Å²) in [6.45, 7) is 0. The van der Waals surface area contributed by atoms with Crippen molar-refractivity contribution in [2.24, 2.45) is 5.14 Å². The van der Waals surface area contributed by atoms with Crippen LogP contribution >= 0.6 is 12.4 Å². The summed E-state index contributed by atoms with van der Waals surface area (Å²) in [5.41, 5.74) is -0.402. The second-order valence-corrected chi connectivity index (χ2v) is 9.02. The average Bonchev–Trinajstić information content (AvgIpc) is 2.77. The highest BCUT2D eigenvalue weighted by molar-refractivity contribution is 7.90. The molecule has 35 heavy (non-hydrogen) atoms. The molecule has 0 radical (unpaired) electrons. The van der Waals surface area contributed by atoms with E-state index >= 15 is 8.78 Å². The van der Waals surface area contributed by atoms with E-state index < -0.39 is 33.9 Å². The van der Waals surface area contributed by atoms with Crippen molar-refractivity contribution >= 4 is 39.1 Å². The van der Waals surface area contributed by atoms with Gasteiger partial charge in [0.25, 0.3) is 21.7 Å². The first-order chi connectivity index (χ1) is 16.0. The van der Waals surface area contributed by atoms with Crippen molar-refractivity contribution in [2.75, 3.05) is 4.72 Å². The van der Waals surface area contributed by atoms with Crippen molar-refractivity contribution in [3.63, 3.8) is 0 Å². The Balaban J connectivity index is 0.00000342. The molecule has 0 bridgehead atoms. The number of nitrogens with one attached hydrogen (secondary N) is 2. The van der Waals surface area contributed by atoms with Gasteiger partial charge in [-0.3, -0.25) is 9.52 Å². The topological polar surface area (TPSA) is 118 Å². The van der Waals surface area contributed by atoms with Crippen molar-refractivity contribution in [3.05, 3.63) is 105 Å². The molecule has 4 aromatic rings. The summed E-state index contributed by atoms with van der Waals surface area (Å²) < 4.78 is 69.3. The molecule has 4 N–H and O–H groups in total. The van der Waals surface area contributed by atoms with E-state index in [0.29, 0.717) is 22.0 Å². The number of nitrogens with two attached hydrogens (primary N) is 1. The molecule has 1 aromatic heterocycles. The fourth-order valence-electron chi connectivity index (χ4n) is 3.75. The smallest absolute Gasteiger partial charge is 0.271 e. The third kappa shape index (κ3) is 5.99. The zero-order valence-corrected chi connectivity index (χ0v) is 19.6. The molecule has 0 aliphatic heterocycles. The molecule has 3 aromatic carbocycles. The number of hydrogen-bond acceptors (Lipinski definition) is 4. The molecule has 184 valence electrons. The van der Waals surface area contributed by atoms with Crippen LogP contribution in [0.5, 0.6) is 0 Å². The molecule has 0 atom stereocenters. The highest BCUT2D eigenvalue weighted by Gasteiger charge is 2.35. The van der Waals surface area contributed by atoms with Crippen LogP contribution in [0.4, 0.5) is 18.9 Å². The van der Waals surface area contributed by atoms with E-state index in [0.717, 1.165) is 12.1 Å². The first-order valence-electron chi connectivity index (χ1n) is 10.0. The van der Waals surface area contributed by atoms with Gasteiger partial charge in [-0.2, -0.15) is 13.5 Å². The zero-order valence-electron chi connectivity index (χ0n) is 18.0. The summed E-state index contributed by atoms with van der Waals surface area (Å²) in [7, 11) is -4.25. The average molecular weight is 525 g/mol. The predicted octanol–water partition coefficient (Wildman–Crippen LogP) is 4.02. The molecule has 0 amide bonds. The van der Waals surface area contributed by atoms with Crippen LogP contribution in [0.25, 0.3) is 10.8 Å². The number of hydrogen-bond donors (Lipinski definition) is 3. The van der Waals surface area contributed by atoms with Crippen molar-refractivity contribution in [2.45, 2.75) is 18.8 Å². The van der Waals surface area contributed by atoms with E-state index in [1.165, 1.54) is 30.3 Å². The molecular formula is C23H20ClF3N4O3S. The number of rotatable bonds is 7. The molecule has 0 unspecified atom stereocenters. The van der Waals surface area contributed by atoms with E-state index in [1.54, 1.807) is 24.3 Å². The fraction of sp³-hybridized carbons (Fsp3) is 0.130. The van der Waals surface area contributed by atoms with Gasteiger partial charge in [0.2, 0.25) is 0 Å². The van der Waals surface area contributed by atoms with Gasteiger partial charge >= 0.3 is 0 Å². The van der Waals surface area contributed by atoms with Crippen LogP contribution < -0.4 is 15.4 Å². The number of anilines is 1. The molecule has 0 saturated heterocycles. The first kappa shape index (κ1) is 26.2. The van der Waals surface area contributed by atoms with Crippen LogP contribution in [-0.2, 0) is 29.0 Å². The second kappa shape index (κ2) is 10.1. The van der Waals surface area contributed by atoms with Gasteiger partial charge in [0.15, 0.2) is 0 Å². The minimum Gasteiger partial charge on any atom is -0.271 e. The lowest BCUT2D eigenvalue weighted by Gasteiger charge is -2.20. The molecule has 12 heteroatoms. The molecule has 0 fully saturated rings. The third-order valence-electron chi connectivity index (χ3n) is 5.25. The van der Waals surface area contributed by atoms with Gasteiger partial charge in [-0.1, -0.05) is 48.5 Å². The SMILES string of the molecule is Cl.NS(=O)(=O)Nc1ccc(Cc2n[nH]c(=O)c3ccccc23)cc1CC(F)(F)c1ccccc1F. The van der Waals surface area contributed by atoms with Gasteiger partial charge in [-0.25, -0.2) is 23.4 Å². The number of fused-ring (bicyclic) bond motifs is 1. The number of nitrogens with zero attached hydrogens (tertiary/aromatic N) is 1.